The molecule has 10 heteroatoms. The summed E-state index contributed by atoms with van der Waals surface area (Å²) in [5.74, 6) is -1.52. The van der Waals surface area contributed by atoms with Gasteiger partial charge >= 0.3 is 5.97 Å². The van der Waals surface area contributed by atoms with Crippen LogP contribution in [0.25, 0.3) is 10.8 Å². The van der Waals surface area contributed by atoms with Crippen LogP contribution >= 0.6 is 0 Å². The lowest BCUT2D eigenvalue weighted by atomic mass is 9.87. The van der Waals surface area contributed by atoms with E-state index in [1.807, 2.05) is 42.5 Å². The van der Waals surface area contributed by atoms with Crippen LogP contribution < -0.4 is 21.3 Å². The van der Waals surface area contributed by atoms with Crippen LogP contribution in [0, 0.1) is 0 Å². The largest absolute Gasteiger partial charge is 0.465 e. The molecule has 3 amide bonds. The Labute approximate surface area is 220 Å². The zero-order valence-electron chi connectivity index (χ0n) is 21.2. The molecule has 0 bridgehead atoms. The highest BCUT2D eigenvalue weighted by Crippen LogP contribution is 2.20. The SMILES string of the molecule is COC(=O)c1ccc(C(=O)NC2(C(=O)NCCNC(=O)Cc3cccc4ccccc34)CCNCC2)nc1. The first-order valence-electron chi connectivity index (χ1n) is 12.5. The van der Waals surface area contributed by atoms with E-state index in [1.54, 1.807) is 0 Å². The summed E-state index contributed by atoms with van der Waals surface area (Å²) in [5, 5.41) is 13.9. The van der Waals surface area contributed by atoms with Crippen LogP contribution in [0.5, 0.6) is 0 Å². The van der Waals surface area contributed by atoms with Gasteiger partial charge in [-0.3, -0.25) is 19.4 Å². The fraction of sp³-hybridized carbons (Fsp3) is 0.321. The molecule has 1 saturated heterocycles. The van der Waals surface area contributed by atoms with E-state index in [9.17, 15) is 19.2 Å². The van der Waals surface area contributed by atoms with Gasteiger partial charge in [0.15, 0.2) is 0 Å². The summed E-state index contributed by atoms with van der Waals surface area (Å²) in [7, 11) is 1.26. The number of carbonyl (C=O) groups is 4. The van der Waals surface area contributed by atoms with Crippen molar-refractivity contribution in [1.29, 1.82) is 0 Å². The highest BCUT2D eigenvalue weighted by atomic mass is 16.5. The van der Waals surface area contributed by atoms with Crippen molar-refractivity contribution in [3.63, 3.8) is 0 Å². The van der Waals surface area contributed by atoms with E-state index >= 15 is 0 Å². The number of fused-ring (bicyclic) bond motifs is 1. The predicted molar refractivity (Wildman–Crippen MR) is 142 cm³/mol. The molecule has 0 aliphatic carbocycles. The molecule has 1 aliphatic heterocycles. The second-order valence-corrected chi connectivity index (χ2v) is 9.13. The number of nitrogens with zero attached hydrogens (tertiary/aromatic N) is 1. The molecule has 0 unspecified atom stereocenters. The van der Waals surface area contributed by atoms with Crippen molar-refractivity contribution in [2.24, 2.45) is 0 Å². The number of carbonyl (C=O) groups excluding carboxylic acids is 4. The van der Waals surface area contributed by atoms with Crippen molar-refractivity contribution < 1.29 is 23.9 Å². The van der Waals surface area contributed by atoms with Gasteiger partial charge in [-0.1, -0.05) is 42.5 Å². The van der Waals surface area contributed by atoms with E-state index in [0.29, 0.717) is 25.9 Å². The van der Waals surface area contributed by atoms with Crippen molar-refractivity contribution in [2.45, 2.75) is 24.8 Å². The lowest BCUT2D eigenvalue weighted by molar-refractivity contribution is -0.128. The van der Waals surface area contributed by atoms with Gasteiger partial charge in [0, 0.05) is 19.3 Å². The van der Waals surface area contributed by atoms with Gasteiger partial charge < -0.3 is 26.0 Å². The number of aromatic nitrogens is 1. The Morgan fingerprint density at radius 3 is 2.42 bits per heavy atom. The first kappa shape index (κ1) is 26.7. The highest BCUT2D eigenvalue weighted by Gasteiger charge is 2.41. The summed E-state index contributed by atoms with van der Waals surface area (Å²) >= 11 is 0. The van der Waals surface area contributed by atoms with E-state index in [0.717, 1.165) is 16.3 Å². The van der Waals surface area contributed by atoms with Crippen molar-refractivity contribution in [3.05, 3.63) is 77.6 Å². The van der Waals surface area contributed by atoms with Gasteiger partial charge in [-0.2, -0.15) is 0 Å². The first-order valence-corrected chi connectivity index (χ1v) is 12.5. The smallest absolute Gasteiger partial charge is 0.339 e. The minimum absolute atomic E-state index is 0.0871. The molecule has 0 spiro atoms. The van der Waals surface area contributed by atoms with Gasteiger partial charge in [0.25, 0.3) is 5.91 Å². The Hall–Kier alpha value is -4.31. The standard InChI is InChI=1S/C28H31N5O5/c1-38-26(36)21-9-10-23(32-18-21)25(35)33-28(11-13-29-14-12-28)27(37)31-16-15-30-24(34)17-20-7-4-6-19-5-2-3-8-22(19)20/h2-10,18,29H,11-17H2,1H3,(H,30,34)(H,31,37)(H,33,35). The van der Waals surface area contributed by atoms with Crippen LogP contribution in [0.4, 0.5) is 0 Å². The van der Waals surface area contributed by atoms with Crippen molar-refractivity contribution >= 4 is 34.5 Å². The van der Waals surface area contributed by atoms with E-state index in [4.69, 9.17) is 0 Å². The number of nitrogens with one attached hydrogen (secondary N) is 4. The van der Waals surface area contributed by atoms with E-state index in [1.165, 1.54) is 25.4 Å². The first-order chi connectivity index (χ1) is 18.4. The van der Waals surface area contributed by atoms with Gasteiger partial charge in [0.2, 0.25) is 11.8 Å². The molecule has 38 heavy (non-hydrogen) atoms. The van der Waals surface area contributed by atoms with Crippen molar-refractivity contribution in [1.82, 2.24) is 26.3 Å². The molecule has 0 radical (unpaired) electrons. The zero-order chi connectivity index (χ0) is 27.0. The summed E-state index contributed by atoms with van der Waals surface area (Å²) in [6.07, 6.45) is 2.30. The van der Waals surface area contributed by atoms with Gasteiger partial charge in [0.1, 0.15) is 11.2 Å². The molecule has 0 atom stereocenters. The van der Waals surface area contributed by atoms with Crippen LogP contribution in [-0.2, 0) is 20.7 Å². The third kappa shape index (κ3) is 6.33. The van der Waals surface area contributed by atoms with Crippen LogP contribution in [0.3, 0.4) is 0 Å². The maximum Gasteiger partial charge on any atom is 0.339 e. The molecular weight excluding hydrogens is 486 g/mol. The quantitative estimate of drug-likeness (QED) is 0.248. The average Bonchev–Trinajstić information content (AvgIpc) is 2.95. The second-order valence-electron chi connectivity index (χ2n) is 9.13. The van der Waals surface area contributed by atoms with Gasteiger partial charge in [0.05, 0.1) is 19.1 Å². The number of rotatable bonds is 9. The third-order valence-corrected chi connectivity index (χ3v) is 6.63. The van der Waals surface area contributed by atoms with Gasteiger partial charge in [-0.05, 0) is 54.4 Å². The number of esters is 1. The molecule has 4 N–H and O–H groups in total. The Morgan fingerprint density at radius 1 is 0.947 bits per heavy atom. The van der Waals surface area contributed by atoms with E-state index in [2.05, 4.69) is 31.0 Å². The maximum absolute atomic E-state index is 13.2. The molecular formula is C28H31N5O5. The lowest BCUT2D eigenvalue weighted by Crippen LogP contribution is -2.63. The lowest BCUT2D eigenvalue weighted by Gasteiger charge is -2.36. The molecule has 1 fully saturated rings. The number of hydrogen-bond donors (Lipinski definition) is 4. The number of methoxy groups -OCH3 is 1. The Bertz CT molecular complexity index is 1310. The predicted octanol–water partition coefficient (Wildman–Crippen LogP) is 1.35. The summed E-state index contributed by atoms with van der Waals surface area (Å²) in [6, 6.07) is 16.7. The molecule has 2 aromatic carbocycles. The average molecular weight is 518 g/mol. The van der Waals surface area contributed by atoms with Crippen LogP contribution in [0.2, 0.25) is 0 Å². The van der Waals surface area contributed by atoms with Gasteiger partial charge in [-0.25, -0.2) is 4.79 Å². The molecule has 2 heterocycles. The molecule has 0 saturated carbocycles. The number of hydrogen-bond acceptors (Lipinski definition) is 7. The summed E-state index contributed by atoms with van der Waals surface area (Å²) in [4.78, 5) is 54.3. The molecule has 198 valence electrons. The Morgan fingerprint density at radius 2 is 1.68 bits per heavy atom. The van der Waals surface area contributed by atoms with Crippen LogP contribution in [0.1, 0.15) is 39.3 Å². The second kappa shape index (κ2) is 12.3. The fourth-order valence-corrected chi connectivity index (χ4v) is 4.54. The molecule has 1 aliphatic rings. The highest BCUT2D eigenvalue weighted by molar-refractivity contribution is 5.99. The maximum atomic E-state index is 13.2. The van der Waals surface area contributed by atoms with Gasteiger partial charge in [-0.15, -0.1) is 0 Å². The van der Waals surface area contributed by atoms with Crippen LogP contribution in [-0.4, -0.2) is 67.5 Å². The summed E-state index contributed by atoms with van der Waals surface area (Å²) in [6.45, 7) is 1.60. The third-order valence-electron chi connectivity index (χ3n) is 6.63. The minimum Gasteiger partial charge on any atom is -0.465 e. The molecule has 3 aromatic rings. The number of piperidine rings is 1. The van der Waals surface area contributed by atoms with E-state index in [-0.39, 0.29) is 42.6 Å². The van der Waals surface area contributed by atoms with Crippen molar-refractivity contribution in [2.75, 3.05) is 33.3 Å². The summed E-state index contributed by atoms with van der Waals surface area (Å²) < 4.78 is 4.65. The molecule has 1 aromatic heterocycles. The normalized spacial score (nSPS) is 14.3. The minimum atomic E-state index is -1.11. The number of benzene rings is 2. The molecule has 10 nitrogen and oxygen atoms in total. The van der Waals surface area contributed by atoms with Crippen LogP contribution in [0.15, 0.2) is 60.8 Å². The van der Waals surface area contributed by atoms with Crippen molar-refractivity contribution in [3.8, 4) is 0 Å². The fourth-order valence-electron chi connectivity index (χ4n) is 4.54. The summed E-state index contributed by atoms with van der Waals surface area (Å²) in [5.41, 5.74) is 0.136. The Balaban J connectivity index is 1.31. The Kier molecular flexibility index (Phi) is 8.65. The number of ether oxygens (including phenoxy) is 1. The topological polar surface area (TPSA) is 139 Å². The number of pyridine rings is 1. The van der Waals surface area contributed by atoms with E-state index < -0.39 is 17.4 Å². The zero-order valence-corrected chi connectivity index (χ0v) is 21.2. The number of amides is 3. The molecule has 4 rings (SSSR count). The monoisotopic (exact) mass is 517 g/mol.